The topological polar surface area (TPSA) is 50.4 Å². The van der Waals surface area contributed by atoms with Crippen molar-refractivity contribution in [1.29, 1.82) is 0 Å². The van der Waals surface area contributed by atoms with E-state index in [4.69, 9.17) is 5.84 Å². The summed E-state index contributed by atoms with van der Waals surface area (Å²) in [5, 5.41) is 0. The number of amidine groups is 1. The van der Waals surface area contributed by atoms with E-state index in [0.717, 1.165) is 6.07 Å². The second kappa shape index (κ2) is 5.71. The maximum Gasteiger partial charge on any atom is 0.417 e. The van der Waals surface area contributed by atoms with Crippen molar-refractivity contribution >= 4 is 21.8 Å². The van der Waals surface area contributed by atoms with Crippen LogP contribution in [0.5, 0.6) is 0 Å². The van der Waals surface area contributed by atoms with E-state index in [-0.39, 0.29) is 16.4 Å². The van der Waals surface area contributed by atoms with Crippen molar-refractivity contribution in [2.45, 2.75) is 26.1 Å². The van der Waals surface area contributed by atoms with Gasteiger partial charge in [-0.3, -0.25) is 4.99 Å². The van der Waals surface area contributed by atoms with Gasteiger partial charge in [0.25, 0.3) is 0 Å². The SMILES string of the molecule is CC(C)N=C(NN)c1ccc(Br)c(C(F)(F)F)c1. The Morgan fingerprint density at radius 3 is 2.44 bits per heavy atom. The largest absolute Gasteiger partial charge is 0.417 e. The maximum absolute atomic E-state index is 12.7. The summed E-state index contributed by atoms with van der Waals surface area (Å²) >= 11 is 2.88. The van der Waals surface area contributed by atoms with Gasteiger partial charge in [0.2, 0.25) is 0 Å². The smallest absolute Gasteiger partial charge is 0.308 e. The van der Waals surface area contributed by atoms with E-state index in [1.165, 1.54) is 12.1 Å². The molecule has 0 aliphatic rings. The number of halogens is 4. The number of hydrazine groups is 1. The zero-order chi connectivity index (χ0) is 13.9. The van der Waals surface area contributed by atoms with Crippen molar-refractivity contribution in [3.63, 3.8) is 0 Å². The number of hydrogen-bond donors (Lipinski definition) is 2. The van der Waals surface area contributed by atoms with Crippen molar-refractivity contribution in [3.8, 4) is 0 Å². The fourth-order valence-electron chi connectivity index (χ4n) is 1.34. The Balaban J connectivity index is 3.27. The van der Waals surface area contributed by atoms with E-state index in [9.17, 15) is 13.2 Å². The molecule has 0 radical (unpaired) electrons. The average molecular weight is 324 g/mol. The molecular weight excluding hydrogens is 311 g/mol. The molecular formula is C11H13BrF3N3. The van der Waals surface area contributed by atoms with E-state index in [1.807, 2.05) is 0 Å². The van der Waals surface area contributed by atoms with Crippen LogP contribution in [0, 0.1) is 0 Å². The molecule has 0 heterocycles. The quantitative estimate of drug-likeness (QED) is 0.380. The van der Waals surface area contributed by atoms with E-state index in [2.05, 4.69) is 26.3 Å². The van der Waals surface area contributed by atoms with Crippen LogP contribution in [0.15, 0.2) is 27.7 Å². The zero-order valence-electron chi connectivity index (χ0n) is 9.85. The third-order valence-corrected chi connectivity index (χ3v) is 2.76. The molecule has 0 aliphatic heterocycles. The van der Waals surface area contributed by atoms with Gasteiger partial charge in [-0.15, -0.1) is 0 Å². The summed E-state index contributed by atoms with van der Waals surface area (Å²) in [6, 6.07) is 3.77. The molecule has 1 rings (SSSR count). The van der Waals surface area contributed by atoms with Gasteiger partial charge in [0.05, 0.1) is 5.56 Å². The van der Waals surface area contributed by atoms with Gasteiger partial charge in [-0.05, 0) is 26.0 Å². The number of nitrogens with one attached hydrogen (secondary N) is 1. The Bertz CT molecular complexity index is 455. The van der Waals surface area contributed by atoms with Gasteiger partial charge in [0, 0.05) is 16.1 Å². The number of nitrogens with two attached hydrogens (primary N) is 1. The van der Waals surface area contributed by atoms with Crippen LogP contribution < -0.4 is 11.3 Å². The minimum Gasteiger partial charge on any atom is -0.308 e. The molecule has 100 valence electrons. The maximum atomic E-state index is 12.7. The van der Waals surface area contributed by atoms with Gasteiger partial charge in [-0.1, -0.05) is 22.0 Å². The van der Waals surface area contributed by atoms with Crippen molar-refractivity contribution in [2.75, 3.05) is 0 Å². The fourth-order valence-corrected chi connectivity index (χ4v) is 1.81. The number of alkyl halides is 3. The number of aliphatic imine (C=N–C) groups is 1. The lowest BCUT2D eigenvalue weighted by molar-refractivity contribution is -0.138. The van der Waals surface area contributed by atoms with Crippen LogP contribution in [0.1, 0.15) is 25.0 Å². The predicted octanol–water partition coefficient (Wildman–Crippen LogP) is 3.09. The summed E-state index contributed by atoms with van der Waals surface area (Å²) in [5.41, 5.74) is 1.85. The van der Waals surface area contributed by atoms with Crippen LogP contribution >= 0.6 is 15.9 Å². The standard InChI is InChI=1S/C11H13BrF3N3/c1-6(2)17-10(18-16)7-3-4-9(12)8(5-7)11(13,14)15/h3-6H,16H2,1-2H3,(H,17,18). The highest BCUT2D eigenvalue weighted by molar-refractivity contribution is 9.10. The first-order chi connectivity index (χ1) is 8.25. The zero-order valence-corrected chi connectivity index (χ0v) is 11.4. The molecule has 0 bridgehead atoms. The molecule has 18 heavy (non-hydrogen) atoms. The molecule has 0 saturated carbocycles. The van der Waals surface area contributed by atoms with Crippen LogP contribution in [0.2, 0.25) is 0 Å². The first-order valence-corrected chi connectivity index (χ1v) is 5.96. The van der Waals surface area contributed by atoms with E-state index in [0.29, 0.717) is 5.56 Å². The van der Waals surface area contributed by atoms with Gasteiger partial charge < -0.3 is 5.43 Å². The Kier molecular flexibility index (Phi) is 4.75. The molecule has 3 nitrogen and oxygen atoms in total. The molecule has 0 saturated heterocycles. The summed E-state index contributed by atoms with van der Waals surface area (Å²) in [6.45, 7) is 3.61. The third kappa shape index (κ3) is 3.71. The van der Waals surface area contributed by atoms with Gasteiger partial charge in [-0.25, -0.2) is 5.84 Å². The molecule has 0 atom stereocenters. The minimum absolute atomic E-state index is 0.0142. The number of hydrogen-bond acceptors (Lipinski definition) is 2. The van der Waals surface area contributed by atoms with Crippen molar-refractivity contribution in [3.05, 3.63) is 33.8 Å². The van der Waals surface area contributed by atoms with Crippen molar-refractivity contribution < 1.29 is 13.2 Å². The van der Waals surface area contributed by atoms with E-state index < -0.39 is 11.7 Å². The monoisotopic (exact) mass is 323 g/mol. The molecule has 0 spiro atoms. The minimum atomic E-state index is -4.42. The third-order valence-electron chi connectivity index (χ3n) is 2.07. The second-order valence-corrected chi connectivity index (χ2v) is 4.76. The molecule has 0 unspecified atom stereocenters. The van der Waals surface area contributed by atoms with E-state index >= 15 is 0 Å². The number of nitrogens with zero attached hydrogens (tertiary/aromatic N) is 1. The van der Waals surface area contributed by atoms with Gasteiger partial charge in [0.1, 0.15) is 5.84 Å². The van der Waals surface area contributed by atoms with E-state index in [1.54, 1.807) is 13.8 Å². The Labute approximate surface area is 111 Å². The highest BCUT2D eigenvalue weighted by atomic mass is 79.9. The van der Waals surface area contributed by atoms with Crippen LogP contribution in [-0.4, -0.2) is 11.9 Å². The lowest BCUT2D eigenvalue weighted by atomic mass is 10.1. The van der Waals surface area contributed by atoms with Crippen LogP contribution in [0.25, 0.3) is 0 Å². The highest BCUT2D eigenvalue weighted by Gasteiger charge is 2.33. The summed E-state index contributed by atoms with van der Waals surface area (Å²) in [7, 11) is 0. The molecule has 0 aromatic heterocycles. The van der Waals surface area contributed by atoms with Gasteiger partial charge >= 0.3 is 6.18 Å². The highest BCUT2D eigenvalue weighted by Crippen LogP contribution is 2.35. The summed E-state index contributed by atoms with van der Waals surface area (Å²) in [6.07, 6.45) is -4.42. The normalized spacial score (nSPS) is 13.0. The van der Waals surface area contributed by atoms with Crippen LogP contribution in [0.3, 0.4) is 0 Å². The Morgan fingerprint density at radius 2 is 2.00 bits per heavy atom. The average Bonchev–Trinajstić information content (AvgIpc) is 2.25. The molecule has 0 aliphatic carbocycles. The first-order valence-electron chi connectivity index (χ1n) is 5.17. The summed E-state index contributed by atoms with van der Waals surface area (Å²) < 4.78 is 38.2. The molecule has 7 heteroatoms. The second-order valence-electron chi connectivity index (χ2n) is 3.91. The predicted molar refractivity (Wildman–Crippen MR) is 68.1 cm³/mol. The lowest BCUT2D eigenvalue weighted by Gasteiger charge is -2.13. The van der Waals surface area contributed by atoms with Crippen molar-refractivity contribution in [1.82, 2.24) is 5.43 Å². The first kappa shape index (κ1) is 15.0. The number of rotatable bonds is 2. The van der Waals surface area contributed by atoms with Crippen molar-refractivity contribution in [2.24, 2.45) is 10.8 Å². The van der Waals surface area contributed by atoms with Crippen LogP contribution in [0.4, 0.5) is 13.2 Å². The summed E-state index contributed by atoms with van der Waals surface area (Å²) in [4.78, 5) is 4.12. The van der Waals surface area contributed by atoms with Crippen LogP contribution in [-0.2, 0) is 6.18 Å². The summed E-state index contributed by atoms with van der Waals surface area (Å²) in [5.74, 6) is 5.50. The fraction of sp³-hybridized carbons (Fsp3) is 0.364. The number of benzene rings is 1. The lowest BCUT2D eigenvalue weighted by Crippen LogP contribution is -2.32. The molecule has 1 aromatic rings. The van der Waals surface area contributed by atoms with Gasteiger partial charge in [-0.2, -0.15) is 13.2 Å². The Hall–Kier alpha value is -1.08. The molecule has 1 aromatic carbocycles. The van der Waals surface area contributed by atoms with Gasteiger partial charge in [0.15, 0.2) is 0 Å². The molecule has 3 N–H and O–H groups in total. The Morgan fingerprint density at radius 1 is 1.39 bits per heavy atom. The molecule has 0 amide bonds. The molecule has 0 fully saturated rings.